The molecule has 18 heavy (non-hydrogen) atoms. The summed E-state index contributed by atoms with van der Waals surface area (Å²) in [4.78, 5) is 5.96. The molecular formula is C13H13FN4. The molecule has 0 unspecified atom stereocenters. The lowest BCUT2D eigenvalue weighted by molar-refractivity contribution is 0.628. The number of nitrogens with two attached hydrogens (primary N) is 1. The molecule has 0 aliphatic rings. The largest absolute Gasteiger partial charge is 0.382 e. The Hall–Kier alpha value is -2.43. The maximum Gasteiger partial charge on any atom is 0.141 e. The average Bonchev–Trinajstić information content (AvgIpc) is 2.38. The fourth-order valence-electron chi connectivity index (χ4n) is 1.58. The predicted molar refractivity (Wildman–Crippen MR) is 69.7 cm³/mol. The highest BCUT2D eigenvalue weighted by Crippen LogP contribution is 2.22. The number of hydrogen-bond acceptors (Lipinski definition) is 3. The molecule has 1 heterocycles. The number of rotatable bonds is 3. The molecule has 1 aromatic carbocycles. The van der Waals surface area contributed by atoms with Crippen LogP contribution in [-0.4, -0.2) is 17.9 Å². The third kappa shape index (κ3) is 2.45. The molecule has 1 aromatic heterocycles. The third-order valence-electron chi connectivity index (χ3n) is 2.55. The molecule has 2 aromatic rings. The summed E-state index contributed by atoms with van der Waals surface area (Å²) in [6.07, 6.45) is 0. The van der Waals surface area contributed by atoms with E-state index in [-0.39, 0.29) is 11.7 Å². The number of nitrogens with zero attached hydrogens (tertiary/aromatic N) is 2. The highest BCUT2D eigenvalue weighted by molar-refractivity contribution is 5.93. The molecule has 0 fully saturated rings. The molecule has 0 saturated heterocycles. The molecule has 0 saturated carbocycles. The molecule has 0 spiro atoms. The van der Waals surface area contributed by atoms with E-state index < -0.39 is 0 Å². The second-order valence-electron chi connectivity index (χ2n) is 3.83. The monoisotopic (exact) mass is 244 g/mol. The number of nitrogens with one attached hydrogen (secondary N) is 1. The van der Waals surface area contributed by atoms with Gasteiger partial charge in [0, 0.05) is 12.7 Å². The van der Waals surface area contributed by atoms with Crippen molar-refractivity contribution in [2.24, 2.45) is 5.73 Å². The van der Waals surface area contributed by atoms with Crippen molar-refractivity contribution in [3.63, 3.8) is 0 Å². The molecule has 0 bridgehead atoms. The fourth-order valence-corrected chi connectivity index (χ4v) is 1.58. The van der Waals surface area contributed by atoms with Gasteiger partial charge in [-0.05, 0) is 30.3 Å². The van der Waals surface area contributed by atoms with E-state index in [1.54, 1.807) is 42.3 Å². The first-order valence-corrected chi connectivity index (χ1v) is 5.38. The van der Waals surface area contributed by atoms with Crippen LogP contribution in [0.5, 0.6) is 0 Å². The summed E-state index contributed by atoms with van der Waals surface area (Å²) in [6, 6.07) is 11.4. The van der Waals surface area contributed by atoms with Crippen molar-refractivity contribution in [2.45, 2.75) is 0 Å². The average molecular weight is 244 g/mol. The van der Waals surface area contributed by atoms with Crippen molar-refractivity contribution in [1.29, 1.82) is 5.41 Å². The Morgan fingerprint density at radius 3 is 2.67 bits per heavy atom. The van der Waals surface area contributed by atoms with Crippen LogP contribution in [0.25, 0.3) is 0 Å². The lowest BCUT2D eigenvalue weighted by atomic mass is 10.2. The quantitative estimate of drug-likeness (QED) is 0.643. The highest BCUT2D eigenvalue weighted by Gasteiger charge is 2.07. The van der Waals surface area contributed by atoms with Crippen LogP contribution in [0.4, 0.5) is 15.9 Å². The molecule has 0 aliphatic carbocycles. The van der Waals surface area contributed by atoms with Crippen molar-refractivity contribution >= 4 is 17.3 Å². The van der Waals surface area contributed by atoms with E-state index in [1.165, 1.54) is 12.1 Å². The fraction of sp³-hybridized carbons (Fsp3) is 0.0769. The van der Waals surface area contributed by atoms with Crippen LogP contribution < -0.4 is 10.6 Å². The van der Waals surface area contributed by atoms with Gasteiger partial charge in [0.15, 0.2) is 0 Å². The summed E-state index contributed by atoms with van der Waals surface area (Å²) < 4.78 is 13.1. The van der Waals surface area contributed by atoms with Gasteiger partial charge < -0.3 is 10.6 Å². The first kappa shape index (κ1) is 12.0. The lowest BCUT2D eigenvalue weighted by Gasteiger charge is -2.18. The minimum absolute atomic E-state index is 0.0931. The van der Waals surface area contributed by atoms with Gasteiger partial charge in [0.25, 0.3) is 0 Å². The van der Waals surface area contributed by atoms with E-state index in [0.717, 1.165) is 0 Å². The number of nitrogen functional groups attached to an aromatic ring is 1. The Balaban J connectivity index is 2.36. The van der Waals surface area contributed by atoms with E-state index in [9.17, 15) is 4.39 Å². The smallest absolute Gasteiger partial charge is 0.141 e. The van der Waals surface area contributed by atoms with Crippen molar-refractivity contribution in [3.05, 3.63) is 54.0 Å². The van der Waals surface area contributed by atoms with Gasteiger partial charge in [0.05, 0.1) is 0 Å². The van der Waals surface area contributed by atoms with Gasteiger partial charge in [-0.15, -0.1) is 0 Å². The van der Waals surface area contributed by atoms with Crippen molar-refractivity contribution < 1.29 is 4.39 Å². The topological polar surface area (TPSA) is 66.0 Å². The van der Waals surface area contributed by atoms with Crippen LogP contribution >= 0.6 is 0 Å². The lowest BCUT2D eigenvalue weighted by Crippen LogP contribution is -2.17. The molecule has 0 amide bonds. The van der Waals surface area contributed by atoms with Crippen molar-refractivity contribution in [3.8, 4) is 0 Å². The number of anilines is 2. The summed E-state index contributed by atoms with van der Waals surface area (Å²) in [5, 5.41) is 7.35. The number of aromatic nitrogens is 1. The molecule has 92 valence electrons. The minimum Gasteiger partial charge on any atom is -0.382 e. The van der Waals surface area contributed by atoms with Crippen LogP contribution in [0.2, 0.25) is 0 Å². The van der Waals surface area contributed by atoms with E-state index in [0.29, 0.717) is 17.2 Å². The van der Waals surface area contributed by atoms with Crippen LogP contribution in [0.1, 0.15) is 5.69 Å². The van der Waals surface area contributed by atoms with Gasteiger partial charge in [0.2, 0.25) is 0 Å². The molecule has 0 radical (unpaired) electrons. The number of hydrogen-bond donors (Lipinski definition) is 2. The Morgan fingerprint density at radius 2 is 2.00 bits per heavy atom. The van der Waals surface area contributed by atoms with Gasteiger partial charge in [0.1, 0.15) is 23.2 Å². The van der Waals surface area contributed by atoms with Crippen LogP contribution in [0.15, 0.2) is 42.5 Å². The van der Waals surface area contributed by atoms with Gasteiger partial charge in [-0.1, -0.05) is 12.1 Å². The van der Waals surface area contributed by atoms with Crippen molar-refractivity contribution in [2.75, 3.05) is 11.9 Å². The van der Waals surface area contributed by atoms with E-state index >= 15 is 0 Å². The van der Waals surface area contributed by atoms with E-state index in [2.05, 4.69) is 4.98 Å². The third-order valence-corrected chi connectivity index (χ3v) is 2.55. The van der Waals surface area contributed by atoms with Crippen LogP contribution in [-0.2, 0) is 0 Å². The summed E-state index contributed by atoms with van der Waals surface area (Å²) in [6.45, 7) is 0. The zero-order chi connectivity index (χ0) is 13.1. The highest BCUT2D eigenvalue weighted by atomic mass is 19.1. The summed E-state index contributed by atoms with van der Waals surface area (Å²) >= 11 is 0. The van der Waals surface area contributed by atoms with Gasteiger partial charge in [-0.3, -0.25) is 5.41 Å². The number of pyridine rings is 1. The Labute approximate surface area is 104 Å². The van der Waals surface area contributed by atoms with Gasteiger partial charge >= 0.3 is 0 Å². The summed E-state index contributed by atoms with van der Waals surface area (Å²) in [7, 11) is 1.78. The summed E-state index contributed by atoms with van der Waals surface area (Å²) in [5.74, 6) is 0.208. The number of amidine groups is 1. The Morgan fingerprint density at radius 1 is 1.28 bits per heavy atom. The Bertz CT molecular complexity index is 583. The molecule has 3 N–H and O–H groups in total. The number of halogens is 1. The van der Waals surface area contributed by atoms with Gasteiger partial charge in [-0.2, -0.15) is 0 Å². The maximum atomic E-state index is 13.1. The molecule has 0 aliphatic heterocycles. The summed E-state index contributed by atoms with van der Waals surface area (Å²) in [5.41, 5.74) is 6.47. The SMILES string of the molecule is CN(c1cccc(F)c1)c1cccc(C(=N)N)n1. The van der Waals surface area contributed by atoms with Crippen LogP contribution in [0.3, 0.4) is 0 Å². The first-order valence-electron chi connectivity index (χ1n) is 5.38. The first-order chi connectivity index (χ1) is 8.58. The molecule has 5 heteroatoms. The standard InChI is InChI=1S/C13H13FN4/c1-18(10-5-2-4-9(14)8-10)12-7-3-6-11(17-12)13(15)16/h2-8H,1H3,(H3,15,16). The van der Waals surface area contributed by atoms with E-state index in [4.69, 9.17) is 11.1 Å². The van der Waals surface area contributed by atoms with Crippen molar-refractivity contribution in [1.82, 2.24) is 4.98 Å². The minimum atomic E-state index is -0.304. The number of benzene rings is 1. The molecular weight excluding hydrogens is 231 g/mol. The molecule has 2 rings (SSSR count). The molecule has 0 atom stereocenters. The predicted octanol–water partition coefficient (Wildman–Crippen LogP) is 2.27. The Kier molecular flexibility index (Phi) is 3.23. The van der Waals surface area contributed by atoms with Crippen LogP contribution in [0, 0.1) is 11.2 Å². The second kappa shape index (κ2) is 4.83. The van der Waals surface area contributed by atoms with Gasteiger partial charge in [-0.25, -0.2) is 9.37 Å². The molecule has 4 nitrogen and oxygen atoms in total. The normalized spacial score (nSPS) is 10.1. The maximum absolute atomic E-state index is 13.1. The second-order valence-corrected chi connectivity index (χ2v) is 3.83. The zero-order valence-corrected chi connectivity index (χ0v) is 9.89. The zero-order valence-electron chi connectivity index (χ0n) is 9.89. The van der Waals surface area contributed by atoms with E-state index in [1.807, 2.05) is 0 Å².